The highest BCUT2D eigenvalue weighted by Crippen LogP contribution is 2.29. The highest BCUT2D eigenvalue weighted by atomic mass is 32.2. The number of unbranched alkanes of at least 4 members (excludes halogenated alkanes) is 3. The number of fused-ring (bicyclic) bond motifs is 1. The minimum Gasteiger partial charge on any atom is -0.490 e. The second-order valence-electron chi connectivity index (χ2n) is 9.84. The van der Waals surface area contributed by atoms with Crippen LogP contribution >= 0.6 is 11.8 Å². The summed E-state index contributed by atoms with van der Waals surface area (Å²) in [5.41, 5.74) is 2.21. The van der Waals surface area contributed by atoms with E-state index in [-0.39, 0.29) is 18.0 Å². The number of benzene rings is 3. The van der Waals surface area contributed by atoms with Crippen molar-refractivity contribution >= 4 is 39.8 Å². The summed E-state index contributed by atoms with van der Waals surface area (Å²) in [5, 5.41) is 15.4. The van der Waals surface area contributed by atoms with Crippen molar-refractivity contribution in [2.45, 2.75) is 39.0 Å². The smallest absolute Gasteiger partial charge is 0.283 e. The fourth-order valence-corrected chi connectivity index (χ4v) is 5.24. The molecule has 0 fully saturated rings. The Kier molecular flexibility index (Phi) is 10.1. The van der Waals surface area contributed by atoms with Gasteiger partial charge in [-0.15, -0.1) is 0 Å². The van der Waals surface area contributed by atoms with Gasteiger partial charge < -0.3 is 14.2 Å². The Hall–Kier alpha value is -4.37. The summed E-state index contributed by atoms with van der Waals surface area (Å²) in [6.07, 6.45) is 7.77. The zero-order valence-electron chi connectivity index (χ0n) is 23.6. The average molecular weight is 583 g/mol. The zero-order valence-corrected chi connectivity index (χ0v) is 24.4. The molecule has 0 saturated carbocycles. The fraction of sp³-hybridized carbons (Fsp3) is 0.273. The Morgan fingerprint density at radius 3 is 2.38 bits per heavy atom. The van der Waals surface area contributed by atoms with Crippen LogP contribution in [0.15, 0.2) is 94.5 Å². The topological polar surface area (TPSA) is 96.6 Å². The second-order valence-corrected chi connectivity index (χ2v) is 10.9. The first kappa shape index (κ1) is 29.1. The molecular formula is C33H34N4O4S. The summed E-state index contributed by atoms with van der Waals surface area (Å²) < 4.78 is 17.5. The third-order valence-corrected chi connectivity index (χ3v) is 7.52. The Labute approximate surface area is 250 Å². The van der Waals surface area contributed by atoms with Crippen LogP contribution in [0.25, 0.3) is 6.08 Å². The molecule has 42 heavy (non-hydrogen) atoms. The molecule has 2 heterocycles. The van der Waals surface area contributed by atoms with Gasteiger partial charge in [0.2, 0.25) is 5.17 Å². The first-order valence-corrected chi connectivity index (χ1v) is 15.0. The number of thioether (sulfide) groups is 1. The molecule has 1 N–H and O–H groups in total. The summed E-state index contributed by atoms with van der Waals surface area (Å²) in [6.45, 7) is 3.22. The summed E-state index contributed by atoms with van der Waals surface area (Å²) in [6, 6.07) is 25.0. The summed E-state index contributed by atoms with van der Waals surface area (Å²) in [4.78, 5) is 17.0. The van der Waals surface area contributed by atoms with E-state index in [0.717, 1.165) is 23.5 Å². The molecule has 0 radical (unpaired) electrons. The number of carbonyl (C=O) groups is 1. The molecule has 0 aliphatic carbocycles. The van der Waals surface area contributed by atoms with Crippen LogP contribution in [0.4, 0.5) is 0 Å². The number of carbonyl (C=O) groups excluding carboxylic acids is 1. The van der Waals surface area contributed by atoms with Crippen LogP contribution in [0.1, 0.15) is 43.7 Å². The lowest BCUT2D eigenvalue weighted by Crippen LogP contribution is -2.35. The van der Waals surface area contributed by atoms with Crippen molar-refractivity contribution in [2.24, 2.45) is 10.1 Å². The molecule has 3 aromatic carbocycles. The minimum atomic E-state index is -0.481. The van der Waals surface area contributed by atoms with E-state index in [1.807, 2.05) is 66.7 Å². The first-order valence-electron chi connectivity index (χ1n) is 14.2. The predicted octanol–water partition coefficient (Wildman–Crippen LogP) is 6.97. The predicted molar refractivity (Wildman–Crippen MR) is 169 cm³/mol. The standard InChI is InChI=1S/C33H34N4O4S/c1-2-3-4-6-10-24-15-17-27(18-16-24)39-19-20-40-28-14-9-11-25(21-28)22-29-31(34)37-33(35-32(29)38)42-30(36-37)23-41-26-12-7-5-8-13-26/h5,7-9,11-18,21-22,34H,2-4,6,10,19-20,23H2,1H3/b29-22+,34-31?. The zero-order chi connectivity index (χ0) is 29.1. The van der Waals surface area contributed by atoms with E-state index in [2.05, 4.69) is 29.2 Å². The van der Waals surface area contributed by atoms with Gasteiger partial charge >= 0.3 is 0 Å². The number of para-hydroxylation sites is 1. The molecule has 216 valence electrons. The number of aryl methyl sites for hydroxylation is 1. The van der Waals surface area contributed by atoms with Crippen molar-refractivity contribution in [3.05, 3.63) is 95.6 Å². The third-order valence-electron chi connectivity index (χ3n) is 6.63. The number of aliphatic imine (C=N–C) groups is 1. The second kappa shape index (κ2) is 14.5. The number of hydrazone groups is 1. The lowest BCUT2D eigenvalue weighted by atomic mass is 10.1. The third kappa shape index (κ3) is 7.88. The van der Waals surface area contributed by atoms with Crippen molar-refractivity contribution < 1.29 is 19.0 Å². The van der Waals surface area contributed by atoms with Crippen LogP contribution in [0.3, 0.4) is 0 Å². The van der Waals surface area contributed by atoms with E-state index >= 15 is 0 Å². The number of ether oxygens (including phenoxy) is 3. The van der Waals surface area contributed by atoms with Gasteiger partial charge in [-0.25, -0.2) is 0 Å². The van der Waals surface area contributed by atoms with Crippen molar-refractivity contribution in [3.63, 3.8) is 0 Å². The molecular weight excluding hydrogens is 548 g/mol. The summed E-state index contributed by atoms with van der Waals surface area (Å²) >= 11 is 1.23. The van der Waals surface area contributed by atoms with Gasteiger partial charge in [0.15, 0.2) is 5.84 Å². The van der Waals surface area contributed by atoms with Gasteiger partial charge in [0.1, 0.15) is 42.1 Å². The molecule has 0 saturated heterocycles. The average Bonchev–Trinajstić information content (AvgIpc) is 3.43. The van der Waals surface area contributed by atoms with Crippen LogP contribution < -0.4 is 14.2 Å². The minimum absolute atomic E-state index is 0.0288. The van der Waals surface area contributed by atoms with Crippen LogP contribution in [0, 0.1) is 5.41 Å². The molecule has 5 rings (SSSR count). The molecule has 0 spiro atoms. The van der Waals surface area contributed by atoms with Crippen molar-refractivity contribution in [2.75, 3.05) is 19.8 Å². The van der Waals surface area contributed by atoms with Gasteiger partial charge in [-0.1, -0.05) is 68.7 Å². The number of nitrogens with zero attached hydrogens (tertiary/aromatic N) is 3. The molecule has 0 bridgehead atoms. The highest BCUT2D eigenvalue weighted by molar-refractivity contribution is 8.27. The Morgan fingerprint density at radius 1 is 0.857 bits per heavy atom. The Morgan fingerprint density at radius 2 is 1.60 bits per heavy atom. The van der Waals surface area contributed by atoms with Gasteiger partial charge in [0.25, 0.3) is 5.91 Å². The molecule has 9 heteroatoms. The van der Waals surface area contributed by atoms with Crippen LogP contribution in [0.5, 0.6) is 17.2 Å². The van der Waals surface area contributed by atoms with Crippen LogP contribution in [-0.2, 0) is 11.2 Å². The van der Waals surface area contributed by atoms with Crippen molar-refractivity contribution in [3.8, 4) is 17.2 Å². The van der Waals surface area contributed by atoms with Crippen molar-refractivity contribution in [1.29, 1.82) is 5.41 Å². The van der Waals surface area contributed by atoms with Gasteiger partial charge in [0, 0.05) is 0 Å². The maximum Gasteiger partial charge on any atom is 0.283 e. The molecule has 0 unspecified atom stereocenters. The lowest BCUT2D eigenvalue weighted by molar-refractivity contribution is -0.114. The molecule has 2 aliphatic heterocycles. The quantitative estimate of drug-likeness (QED) is 0.163. The lowest BCUT2D eigenvalue weighted by Gasteiger charge is -2.20. The van der Waals surface area contributed by atoms with E-state index in [9.17, 15) is 4.79 Å². The van der Waals surface area contributed by atoms with Crippen LogP contribution in [0.2, 0.25) is 0 Å². The normalized spacial score (nSPS) is 15.4. The number of amidine groups is 2. The molecule has 3 aromatic rings. The number of amides is 1. The van der Waals surface area contributed by atoms with E-state index in [1.165, 1.54) is 48.0 Å². The van der Waals surface area contributed by atoms with E-state index in [4.69, 9.17) is 19.6 Å². The van der Waals surface area contributed by atoms with Gasteiger partial charge in [0.05, 0.1) is 5.57 Å². The van der Waals surface area contributed by atoms with Crippen molar-refractivity contribution in [1.82, 2.24) is 5.01 Å². The number of hydrogen-bond acceptors (Lipinski definition) is 7. The highest BCUT2D eigenvalue weighted by Gasteiger charge is 2.35. The molecule has 0 atom stereocenters. The summed E-state index contributed by atoms with van der Waals surface area (Å²) in [7, 11) is 0. The maximum atomic E-state index is 12.8. The Balaban J connectivity index is 1.12. The maximum absolute atomic E-state index is 12.8. The largest absolute Gasteiger partial charge is 0.490 e. The van der Waals surface area contributed by atoms with E-state index in [1.54, 1.807) is 6.08 Å². The van der Waals surface area contributed by atoms with E-state index in [0.29, 0.717) is 29.2 Å². The van der Waals surface area contributed by atoms with Gasteiger partial charge in [-0.3, -0.25) is 10.2 Å². The Bertz CT molecular complexity index is 1490. The number of nitrogens with one attached hydrogen (secondary N) is 1. The summed E-state index contributed by atoms with van der Waals surface area (Å²) in [5.74, 6) is 1.67. The SMILES string of the molecule is CCCCCCc1ccc(OCCOc2cccc(/C=C3\C(=N)N4N=C(COc5ccccc5)SC4=NC3=O)c2)cc1. The molecule has 8 nitrogen and oxygen atoms in total. The fourth-order valence-electron chi connectivity index (χ4n) is 4.44. The number of hydrogen-bond donors (Lipinski definition) is 1. The first-order chi connectivity index (χ1) is 20.6. The molecule has 1 amide bonds. The van der Waals surface area contributed by atoms with E-state index < -0.39 is 5.91 Å². The monoisotopic (exact) mass is 582 g/mol. The van der Waals surface area contributed by atoms with Gasteiger partial charge in [-0.2, -0.15) is 15.1 Å². The number of rotatable bonds is 14. The van der Waals surface area contributed by atoms with Gasteiger partial charge in [-0.05, 0) is 78.2 Å². The molecule has 0 aromatic heterocycles. The van der Waals surface area contributed by atoms with Crippen LogP contribution in [-0.4, -0.2) is 46.8 Å². The molecule has 2 aliphatic rings.